The molecule has 14 heavy (non-hydrogen) atoms. The van der Waals surface area contributed by atoms with Crippen LogP contribution in [0.25, 0.3) is 6.08 Å². The summed E-state index contributed by atoms with van der Waals surface area (Å²) in [6, 6.07) is 3.84. The van der Waals surface area contributed by atoms with Gasteiger partial charge in [-0.1, -0.05) is 18.1 Å². The Balaban J connectivity index is 2.89. The van der Waals surface area contributed by atoms with Gasteiger partial charge in [0, 0.05) is 12.4 Å². The molecule has 1 heterocycles. The Morgan fingerprint density at radius 1 is 1.64 bits per heavy atom. The van der Waals surface area contributed by atoms with Crippen LogP contribution in [-0.4, -0.2) is 15.9 Å². The fraction of sp³-hybridized carbons (Fsp3) is 0.273. The second-order valence-electron chi connectivity index (χ2n) is 3.01. The minimum Gasteiger partial charge on any atom is -0.411 e. The molecule has 0 unspecified atom stereocenters. The van der Waals surface area contributed by atoms with Crippen molar-refractivity contribution in [1.29, 1.82) is 0 Å². The van der Waals surface area contributed by atoms with Crippen molar-refractivity contribution in [3.05, 3.63) is 35.7 Å². The molecule has 3 nitrogen and oxygen atoms in total. The molecule has 0 bridgehead atoms. The molecule has 0 saturated carbocycles. The quantitative estimate of drug-likeness (QED) is 0.452. The second-order valence-corrected chi connectivity index (χ2v) is 3.01. The highest BCUT2D eigenvalue weighted by atomic mass is 16.4. The lowest BCUT2D eigenvalue weighted by molar-refractivity contribution is 0.318. The van der Waals surface area contributed by atoms with Crippen molar-refractivity contribution in [2.24, 2.45) is 5.16 Å². The molecule has 0 aliphatic rings. The predicted octanol–water partition coefficient (Wildman–Crippen LogP) is 2.73. The SMILES string of the molecule is CCC(=NO)/C(C)=C/c1cccnc1. The van der Waals surface area contributed by atoms with Crippen LogP contribution >= 0.6 is 0 Å². The van der Waals surface area contributed by atoms with Gasteiger partial charge in [0.1, 0.15) is 0 Å². The number of hydrogen-bond acceptors (Lipinski definition) is 3. The van der Waals surface area contributed by atoms with E-state index in [9.17, 15) is 0 Å². The van der Waals surface area contributed by atoms with Gasteiger partial charge in [0.2, 0.25) is 0 Å². The molecule has 3 heteroatoms. The second kappa shape index (κ2) is 5.17. The highest BCUT2D eigenvalue weighted by Crippen LogP contribution is 2.08. The van der Waals surface area contributed by atoms with E-state index in [0.717, 1.165) is 17.6 Å². The third-order valence-corrected chi connectivity index (χ3v) is 1.98. The van der Waals surface area contributed by atoms with Crippen molar-refractivity contribution in [3.8, 4) is 0 Å². The van der Waals surface area contributed by atoms with Crippen LogP contribution in [0, 0.1) is 0 Å². The first-order valence-corrected chi connectivity index (χ1v) is 4.57. The van der Waals surface area contributed by atoms with E-state index >= 15 is 0 Å². The third-order valence-electron chi connectivity index (χ3n) is 1.98. The fourth-order valence-electron chi connectivity index (χ4n) is 1.22. The lowest BCUT2D eigenvalue weighted by atomic mass is 10.1. The average molecular weight is 190 g/mol. The molecule has 0 saturated heterocycles. The van der Waals surface area contributed by atoms with Gasteiger partial charge in [0.25, 0.3) is 0 Å². The summed E-state index contributed by atoms with van der Waals surface area (Å²) in [6.45, 7) is 3.88. The minimum absolute atomic E-state index is 0.703. The van der Waals surface area contributed by atoms with Crippen molar-refractivity contribution in [2.45, 2.75) is 20.3 Å². The third kappa shape index (κ3) is 2.69. The molecule has 0 fully saturated rings. The number of hydrogen-bond donors (Lipinski definition) is 1. The van der Waals surface area contributed by atoms with Gasteiger partial charge < -0.3 is 5.21 Å². The topological polar surface area (TPSA) is 45.5 Å². The van der Waals surface area contributed by atoms with Gasteiger partial charge >= 0.3 is 0 Å². The molecule has 0 amide bonds. The fourth-order valence-corrected chi connectivity index (χ4v) is 1.22. The summed E-state index contributed by atoms with van der Waals surface area (Å²) in [5.74, 6) is 0. The molecular weight excluding hydrogens is 176 g/mol. The van der Waals surface area contributed by atoms with E-state index in [1.54, 1.807) is 12.4 Å². The maximum atomic E-state index is 8.71. The summed E-state index contributed by atoms with van der Waals surface area (Å²) in [4.78, 5) is 4.00. The monoisotopic (exact) mass is 190 g/mol. The number of pyridine rings is 1. The highest BCUT2D eigenvalue weighted by Gasteiger charge is 1.99. The van der Waals surface area contributed by atoms with Gasteiger partial charge in [0.05, 0.1) is 5.71 Å². The van der Waals surface area contributed by atoms with Crippen LogP contribution in [0.4, 0.5) is 0 Å². The molecule has 0 atom stereocenters. The molecule has 1 aromatic heterocycles. The molecule has 1 aromatic rings. The van der Waals surface area contributed by atoms with Gasteiger partial charge in [-0.05, 0) is 36.6 Å². The summed E-state index contributed by atoms with van der Waals surface area (Å²) >= 11 is 0. The number of rotatable bonds is 3. The van der Waals surface area contributed by atoms with Crippen LogP contribution < -0.4 is 0 Å². The Bertz CT molecular complexity index is 342. The number of nitrogens with zero attached hydrogens (tertiary/aromatic N) is 2. The average Bonchev–Trinajstić information content (AvgIpc) is 2.21. The van der Waals surface area contributed by atoms with E-state index in [4.69, 9.17) is 5.21 Å². The largest absolute Gasteiger partial charge is 0.411 e. The van der Waals surface area contributed by atoms with E-state index in [-0.39, 0.29) is 0 Å². The lowest BCUT2D eigenvalue weighted by Gasteiger charge is -2.00. The van der Waals surface area contributed by atoms with Crippen molar-refractivity contribution >= 4 is 11.8 Å². The van der Waals surface area contributed by atoms with E-state index < -0.39 is 0 Å². The van der Waals surface area contributed by atoms with Gasteiger partial charge in [-0.2, -0.15) is 0 Å². The summed E-state index contributed by atoms with van der Waals surface area (Å²) in [5, 5.41) is 11.9. The van der Waals surface area contributed by atoms with Crippen LogP contribution in [-0.2, 0) is 0 Å². The minimum atomic E-state index is 0.703. The molecule has 0 aliphatic carbocycles. The molecule has 1 N–H and O–H groups in total. The van der Waals surface area contributed by atoms with Crippen molar-refractivity contribution in [2.75, 3.05) is 0 Å². The summed E-state index contributed by atoms with van der Waals surface area (Å²) < 4.78 is 0. The first-order valence-electron chi connectivity index (χ1n) is 4.57. The number of aromatic nitrogens is 1. The molecule has 1 rings (SSSR count). The standard InChI is InChI=1S/C11H14N2O/c1-3-11(13-14)9(2)7-10-5-4-6-12-8-10/h4-8,14H,3H2,1-2H3/b9-7+,13-11?. The van der Waals surface area contributed by atoms with Crippen LogP contribution in [0.15, 0.2) is 35.3 Å². The van der Waals surface area contributed by atoms with Gasteiger partial charge in [-0.3, -0.25) is 4.98 Å². The molecular formula is C11H14N2O. The lowest BCUT2D eigenvalue weighted by Crippen LogP contribution is -1.97. The first kappa shape index (κ1) is 10.4. The summed E-state index contributed by atoms with van der Waals surface area (Å²) in [7, 11) is 0. The van der Waals surface area contributed by atoms with Gasteiger partial charge in [-0.25, -0.2) is 0 Å². The Hall–Kier alpha value is -1.64. The van der Waals surface area contributed by atoms with E-state index in [1.807, 2.05) is 32.1 Å². The van der Waals surface area contributed by atoms with Gasteiger partial charge in [-0.15, -0.1) is 0 Å². The zero-order chi connectivity index (χ0) is 10.4. The zero-order valence-electron chi connectivity index (χ0n) is 8.44. The van der Waals surface area contributed by atoms with Crippen LogP contribution in [0.1, 0.15) is 25.8 Å². The Morgan fingerprint density at radius 2 is 2.43 bits per heavy atom. The van der Waals surface area contributed by atoms with Crippen LogP contribution in [0.3, 0.4) is 0 Å². The molecule has 0 aromatic carbocycles. The molecule has 0 spiro atoms. The van der Waals surface area contributed by atoms with Gasteiger partial charge in [0.15, 0.2) is 0 Å². The van der Waals surface area contributed by atoms with Crippen molar-refractivity contribution in [1.82, 2.24) is 4.98 Å². The van der Waals surface area contributed by atoms with Crippen LogP contribution in [0.5, 0.6) is 0 Å². The normalized spacial score (nSPS) is 13.0. The van der Waals surface area contributed by atoms with E-state index in [0.29, 0.717) is 5.71 Å². The Kier molecular flexibility index (Phi) is 3.85. The maximum absolute atomic E-state index is 8.71. The smallest absolute Gasteiger partial charge is 0.0822 e. The predicted molar refractivity (Wildman–Crippen MR) is 57.4 cm³/mol. The summed E-state index contributed by atoms with van der Waals surface area (Å²) in [5.41, 5.74) is 2.68. The van der Waals surface area contributed by atoms with E-state index in [1.165, 1.54) is 0 Å². The number of allylic oxidation sites excluding steroid dienone is 1. The van der Waals surface area contributed by atoms with Crippen LogP contribution in [0.2, 0.25) is 0 Å². The highest BCUT2D eigenvalue weighted by molar-refractivity contribution is 6.02. The Labute approximate surface area is 83.8 Å². The maximum Gasteiger partial charge on any atom is 0.0822 e. The van der Waals surface area contributed by atoms with Crippen molar-refractivity contribution < 1.29 is 5.21 Å². The molecule has 0 radical (unpaired) electrons. The summed E-state index contributed by atoms with van der Waals surface area (Å²) in [6.07, 6.45) is 6.17. The Morgan fingerprint density at radius 3 is 2.93 bits per heavy atom. The van der Waals surface area contributed by atoms with E-state index in [2.05, 4.69) is 10.1 Å². The first-order chi connectivity index (χ1) is 6.77. The number of oxime groups is 1. The molecule has 0 aliphatic heterocycles. The van der Waals surface area contributed by atoms with Crippen molar-refractivity contribution in [3.63, 3.8) is 0 Å². The zero-order valence-corrected chi connectivity index (χ0v) is 8.44. The molecule has 74 valence electrons.